The van der Waals surface area contributed by atoms with Crippen molar-refractivity contribution in [2.75, 3.05) is 26.9 Å². The summed E-state index contributed by atoms with van der Waals surface area (Å²) in [6.07, 6.45) is -0.345. The Morgan fingerprint density at radius 1 is 1.19 bits per heavy atom. The van der Waals surface area contributed by atoms with Crippen molar-refractivity contribution < 1.29 is 33.6 Å². The van der Waals surface area contributed by atoms with E-state index < -0.39 is 18.5 Å². The number of fused-ring (bicyclic) bond motifs is 1. The van der Waals surface area contributed by atoms with Crippen molar-refractivity contribution in [1.29, 1.82) is 0 Å². The molecule has 1 aliphatic heterocycles. The first kappa shape index (κ1) is 18.4. The summed E-state index contributed by atoms with van der Waals surface area (Å²) in [6.45, 7) is 0.0174. The molecule has 0 aliphatic carbocycles. The van der Waals surface area contributed by atoms with Crippen LogP contribution in [-0.2, 0) is 9.53 Å². The number of methoxy groups -OCH3 is 1. The molecule has 0 spiro atoms. The van der Waals surface area contributed by atoms with Crippen LogP contribution in [0.4, 0.5) is 0 Å². The third-order valence-electron chi connectivity index (χ3n) is 3.87. The third kappa shape index (κ3) is 4.41. The van der Waals surface area contributed by atoms with Gasteiger partial charge in [0.1, 0.15) is 18.3 Å². The Labute approximate surface area is 155 Å². The Morgan fingerprint density at radius 3 is 2.74 bits per heavy atom. The van der Waals surface area contributed by atoms with Crippen molar-refractivity contribution in [3.05, 3.63) is 48.0 Å². The first-order valence-corrected chi connectivity index (χ1v) is 8.26. The summed E-state index contributed by atoms with van der Waals surface area (Å²) in [6, 6.07) is 11.7. The molecule has 3 rings (SSSR count). The van der Waals surface area contributed by atoms with Gasteiger partial charge in [-0.15, -0.1) is 0 Å². The molecule has 1 atom stereocenters. The van der Waals surface area contributed by atoms with E-state index in [2.05, 4.69) is 5.32 Å². The zero-order chi connectivity index (χ0) is 19.2. The van der Waals surface area contributed by atoms with Crippen LogP contribution in [0.2, 0.25) is 0 Å². The summed E-state index contributed by atoms with van der Waals surface area (Å²) in [5.74, 6) is -0.239. The maximum absolute atomic E-state index is 12.0. The molecule has 142 valence electrons. The SMILES string of the molecule is COc1cccc(C(=O)OCC(=O)NC[C@@H]2COc3ccccc3O2)c1O. The molecule has 8 nitrogen and oxygen atoms in total. The van der Waals surface area contributed by atoms with Crippen molar-refractivity contribution in [2.45, 2.75) is 6.10 Å². The number of hydrogen-bond donors (Lipinski definition) is 2. The molecule has 0 saturated heterocycles. The van der Waals surface area contributed by atoms with Crippen LogP contribution in [-0.4, -0.2) is 50.0 Å². The van der Waals surface area contributed by atoms with Gasteiger partial charge in [-0.1, -0.05) is 18.2 Å². The summed E-state index contributed by atoms with van der Waals surface area (Å²) in [5.41, 5.74) is -0.0808. The number of carbonyl (C=O) groups is 2. The molecule has 8 heteroatoms. The lowest BCUT2D eigenvalue weighted by atomic mass is 10.2. The Hall–Kier alpha value is -3.42. The van der Waals surface area contributed by atoms with Gasteiger partial charge in [-0.25, -0.2) is 4.79 Å². The van der Waals surface area contributed by atoms with Gasteiger partial charge >= 0.3 is 5.97 Å². The van der Waals surface area contributed by atoms with Gasteiger partial charge in [-0.05, 0) is 24.3 Å². The molecule has 2 N–H and O–H groups in total. The predicted octanol–water partition coefficient (Wildman–Crippen LogP) is 1.51. The van der Waals surface area contributed by atoms with E-state index in [1.165, 1.54) is 25.3 Å². The van der Waals surface area contributed by atoms with E-state index in [9.17, 15) is 14.7 Å². The average Bonchev–Trinajstić information content (AvgIpc) is 2.70. The number of phenolic OH excluding ortho intramolecular Hbond substituents is 1. The number of rotatable bonds is 6. The number of carbonyl (C=O) groups excluding carboxylic acids is 2. The Kier molecular flexibility index (Phi) is 5.65. The van der Waals surface area contributed by atoms with Crippen LogP contribution in [0.15, 0.2) is 42.5 Å². The van der Waals surface area contributed by atoms with E-state index in [1.54, 1.807) is 12.1 Å². The van der Waals surface area contributed by atoms with Gasteiger partial charge in [0.25, 0.3) is 5.91 Å². The Balaban J connectivity index is 1.46. The fourth-order valence-corrected chi connectivity index (χ4v) is 2.50. The van der Waals surface area contributed by atoms with Crippen LogP contribution in [0.25, 0.3) is 0 Å². The van der Waals surface area contributed by atoms with E-state index in [1.807, 2.05) is 12.1 Å². The molecule has 0 aromatic heterocycles. The number of aromatic hydroxyl groups is 1. The maximum atomic E-state index is 12.0. The lowest BCUT2D eigenvalue weighted by molar-refractivity contribution is -0.124. The summed E-state index contributed by atoms with van der Waals surface area (Å²) in [7, 11) is 1.37. The number of para-hydroxylation sites is 3. The highest BCUT2D eigenvalue weighted by Crippen LogP contribution is 2.31. The van der Waals surface area contributed by atoms with E-state index in [4.69, 9.17) is 18.9 Å². The summed E-state index contributed by atoms with van der Waals surface area (Å²) >= 11 is 0. The second-order valence-electron chi connectivity index (χ2n) is 5.73. The fraction of sp³-hybridized carbons (Fsp3) is 0.263. The highest BCUT2D eigenvalue weighted by Gasteiger charge is 2.22. The molecular weight excluding hydrogens is 354 g/mol. The second-order valence-corrected chi connectivity index (χ2v) is 5.73. The Morgan fingerprint density at radius 2 is 1.96 bits per heavy atom. The molecule has 0 saturated carbocycles. The van der Waals surface area contributed by atoms with Crippen LogP contribution < -0.4 is 19.5 Å². The minimum atomic E-state index is -0.826. The largest absolute Gasteiger partial charge is 0.504 e. The van der Waals surface area contributed by atoms with Gasteiger partial charge in [0.05, 0.1) is 13.7 Å². The zero-order valence-corrected chi connectivity index (χ0v) is 14.6. The molecule has 2 aromatic carbocycles. The smallest absolute Gasteiger partial charge is 0.342 e. The van der Waals surface area contributed by atoms with Crippen molar-refractivity contribution in [3.8, 4) is 23.0 Å². The van der Waals surface area contributed by atoms with Crippen molar-refractivity contribution in [1.82, 2.24) is 5.32 Å². The quantitative estimate of drug-likeness (QED) is 0.740. The lowest BCUT2D eigenvalue weighted by Gasteiger charge is -2.26. The molecule has 0 fully saturated rings. The van der Waals surface area contributed by atoms with Crippen LogP contribution in [0.1, 0.15) is 10.4 Å². The topological polar surface area (TPSA) is 103 Å². The van der Waals surface area contributed by atoms with Gasteiger partial charge in [0.15, 0.2) is 29.6 Å². The monoisotopic (exact) mass is 373 g/mol. The number of nitrogens with one attached hydrogen (secondary N) is 1. The molecule has 1 heterocycles. The highest BCUT2D eigenvalue weighted by molar-refractivity contribution is 5.94. The summed E-state index contributed by atoms with van der Waals surface area (Å²) in [5, 5.41) is 12.5. The number of esters is 1. The minimum absolute atomic E-state index is 0.0808. The first-order chi connectivity index (χ1) is 13.1. The molecule has 0 unspecified atom stereocenters. The zero-order valence-electron chi connectivity index (χ0n) is 14.6. The number of phenols is 1. The van der Waals surface area contributed by atoms with Gasteiger partial charge in [-0.3, -0.25) is 4.79 Å². The van der Waals surface area contributed by atoms with Crippen molar-refractivity contribution >= 4 is 11.9 Å². The van der Waals surface area contributed by atoms with Crippen molar-refractivity contribution in [2.24, 2.45) is 0 Å². The van der Waals surface area contributed by atoms with E-state index in [-0.39, 0.29) is 29.7 Å². The second kappa shape index (κ2) is 8.31. The fourth-order valence-electron chi connectivity index (χ4n) is 2.50. The molecule has 2 aromatic rings. The Bertz CT molecular complexity index is 837. The number of benzene rings is 2. The number of hydrogen-bond acceptors (Lipinski definition) is 7. The summed E-state index contributed by atoms with van der Waals surface area (Å²) < 4.78 is 21.1. The molecule has 1 amide bonds. The number of amides is 1. The first-order valence-electron chi connectivity index (χ1n) is 8.26. The van der Waals surface area contributed by atoms with Gasteiger partial charge in [0, 0.05) is 0 Å². The van der Waals surface area contributed by atoms with E-state index in [0.717, 1.165) is 0 Å². The van der Waals surface area contributed by atoms with Gasteiger partial charge < -0.3 is 29.4 Å². The third-order valence-corrected chi connectivity index (χ3v) is 3.87. The molecule has 0 radical (unpaired) electrons. The molecular formula is C19H19NO7. The van der Waals surface area contributed by atoms with E-state index >= 15 is 0 Å². The predicted molar refractivity (Wildman–Crippen MR) is 94.3 cm³/mol. The summed E-state index contributed by atoms with van der Waals surface area (Å²) in [4.78, 5) is 23.9. The van der Waals surface area contributed by atoms with Gasteiger partial charge in [-0.2, -0.15) is 0 Å². The average molecular weight is 373 g/mol. The van der Waals surface area contributed by atoms with Crippen LogP contribution >= 0.6 is 0 Å². The minimum Gasteiger partial charge on any atom is -0.504 e. The maximum Gasteiger partial charge on any atom is 0.342 e. The van der Waals surface area contributed by atoms with Crippen LogP contribution in [0.3, 0.4) is 0 Å². The lowest BCUT2D eigenvalue weighted by Crippen LogP contribution is -2.42. The van der Waals surface area contributed by atoms with Gasteiger partial charge in [0.2, 0.25) is 0 Å². The highest BCUT2D eigenvalue weighted by atomic mass is 16.6. The van der Waals surface area contributed by atoms with Crippen LogP contribution in [0, 0.1) is 0 Å². The van der Waals surface area contributed by atoms with Crippen molar-refractivity contribution in [3.63, 3.8) is 0 Å². The molecule has 1 aliphatic rings. The van der Waals surface area contributed by atoms with Crippen LogP contribution in [0.5, 0.6) is 23.0 Å². The number of ether oxygens (including phenoxy) is 4. The molecule has 0 bridgehead atoms. The standard InChI is InChI=1S/C19H19NO7/c1-24-16-8-4-5-13(18(16)22)19(23)26-11-17(21)20-9-12-10-25-14-6-2-3-7-15(14)27-12/h2-8,12,22H,9-11H2,1H3,(H,20,21)/t12-/m1/s1. The molecule has 27 heavy (non-hydrogen) atoms. The van der Waals surface area contributed by atoms with E-state index in [0.29, 0.717) is 18.1 Å². The normalized spacial score (nSPS) is 14.9.